The molecular weight excluding hydrogens is 388 g/mol. The molecule has 1 aromatic carbocycles. The fraction of sp³-hybridized carbons (Fsp3) is 0.250. The van der Waals surface area contributed by atoms with Crippen molar-refractivity contribution in [1.29, 1.82) is 0 Å². The van der Waals surface area contributed by atoms with E-state index in [4.69, 9.17) is 9.15 Å². The van der Waals surface area contributed by atoms with Crippen LogP contribution in [-0.2, 0) is 6.54 Å². The lowest BCUT2D eigenvalue weighted by Crippen LogP contribution is -2.01. The molecule has 3 aromatic heterocycles. The van der Waals surface area contributed by atoms with Crippen LogP contribution in [0.3, 0.4) is 0 Å². The van der Waals surface area contributed by atoms with Crippen molar-refractivity contribution in [1.82, 2.24) is 29.9 Å². The Kier molecular flexibility index (Phi) is 5.57. The minimum absolute atomic E-state index is 0.0747. The first-order valence-corrected chi connectivity index (χ1v) is 10.1. The average Bonchev–Trinajstić information content (AvgIpc) is 3.42. The van der Waals surface area contributed by atoms with Crippen LogP contribution in [0.25, 0.3) is 22.8 Å². The van der Waals surface area contributed by atoms with Gasteiger partial charge in [0, 0.05) is 30.1 Å². The first kappa shape index (κ1) is 19.1. The summed E-state index contributed by atoms with van der Waals surface area (Å²) in [6.07, 6.45) is 3.50. The molecule has 0 radical (unpaired) electrons. The van der Waals surface area contributed by atoms with Crippen LogP contribution < -0.4 is 4.74 Å². The molecule has 0 saturated heterocycles. The normalized spacial score (nSPS) is 12.1. The van der Waals surface area contributed by atoms with Crippen LogP contribution in [0, 0.1) is 0 Å². The highest BCUT2D eigenvalue weighted by atomic mass is 32.2. The Labute approximate surface area is 172 Å². The van der Waals surface area contributed by atoms with Crippen LogP contribution in [0.15, 0.2) is 58.4 Å². The summed E-state index contributed by atoms with van der Waals surface area (Å²) >= 11 is 1.54. The van der Waals surface area contributed by atoms with Crippen molar-refractivity contribution in [2.45, 2.75) is 30.8 Å². The Balaban J connectivity index is 1.53. The second kappa shape index (κ2) is 8.44. The van der Waals surface area contributed by atoms with Gasteiger partial charge in [-0.3, -0.25) is 4.98 Å². The second-order valence-electron chi connectivity index (χ2n) is 6.22. The third kappa shape index (κ3) is 4.00. The average molecular weight is 408 g/mol. The van der Waals surface area contributed by atoms with E-state index in [0.29, 0.717) is 11.8 Å². The van der Waals surface area contributed by atoms with Gasteiger partial charge in [0.15, 0.2) is 11.0 Å². The van der Waals surface area contributed by atoms with E-state index in [1.165, 1.54) is 11.8 Å². The van der Waals surface area contributed by atoms with Crippen molar-refractivity contribution in [3.63, 3.8) is 0 Å². The fourth-order valence-electron chi connectivity index (χ4n) is 2.83. The van der Waals surface area contributed by atoms with Gasteiger partial charge in [-0.2, -0.15) is 0 Å². The van der Waals surface area contributed by atoms with E-state index in [0.717, 1.165) is 34.4 Å². The summed E-state index contributed by atoms with van der Waals surface area (Å²) in [5.41, 5.74) is 1.83. The summed E-state index contributed by atoms with van der Waals surface area (Å²) in [6, 6.07) is 11.4. The van der Waals surface area contributed by atoms with Crippen molar-refractivity contribution < 1.29 is 9.15 Å². The number of pyridine rings is 1. The zero-order chi connectivity index (χ0) is 20.2. The SMILES string of the molecule is CCn1c(S[C@H](C)c2nnc(-c3ccc(OC)cc3)o2)nnc1-c1ccncc1. The van der Waals surface area contributed by atoms with Crippen molar-refractivity contribution in [3.05, 3.63) is 54.7 Å². The van der Waals surface area contributed by atoms with Gasteiger partial charge < -0.3 is 13.7 Å². The maximum atomic E-state index is 5.89. The summed E-state index contributed by atoms with van der Waals surface area (Å²) < 4.78 is 13.1. The molecule has 0 aliphatic carbocycles. The molecule has 4 aromatic rings. The highest BCUT2D eigenvalue weighted by Gasteiger charge is 2.21. The van der Waals surface area contributed by atoms with Crippen molar-refractivity contribution in [3.8, 4) is 28.6 Å². The number of nitrogens with zero attached hydrogens (tertiary/aromatic N) is 6. The van der Waals surface area contributed by atoms with Gasteiger partial charge in [0.25, 0.3) is 0 Å². The minimum atomic E-state index is -0.0747. The zero-order valence-electron chi connectivity index (χ0n) is 16.3. The molecule has 148 valence electrons. The molecule has 1 atom stereocenters. The molecule has 29 heavy (non-hydrogen) atoms. The number of hydrogen-bond acceptors (Lipinski definition) is 8. The van der Waals surface area contributed by atoms with Gasteiger partial charge in [0.05, 0.1) is 12.4 Å². The molecule has 8 nitrogen and oxygen atoms in total. The van der Waals surface area contributed by atoms with Crippen LogP contribution in [0.5, 0.6) is 5.75 Å². The summed E-state index contributed by atoms with van der Waals surface area (Å²) in [7, 11) is 1.63. The highest BCUT2D eigenvalue weighted by molar-refractivity contribution is 7.99. The maximum Gasteiger partial charge on any atom is 0.247 e. The van der Waals surface area contributed by atoms with Crippen LogP contribution >= 0.6 is 11.8 Å². The topological polar surface area (TPSA) is 91.8 Å². The van der Waals surface area contributed by atoms with Crippen molar-refractivity contribution in [2.75, 3.05) is 7.11 Å². The second-order valence-corrected chi connectivity index (χ2v) is 7.53. The minimum Gasteiger partial charge on any atom is -0.497 e. The molecule has 0 saturated carbocycles. The van der Waals surface area contributed by atoms with E-state index in [-0.39, 0.29) is 5.25 Å². The van der Waals surface area contributed by atoms with Crippen LogP contribution in [-0.4, -0.2) is 37.1 Å². The molecule has 9 heteroatoms. The molecule has 3 heterocycles. The Morgan fingerprint density at radius 2 is 1.76 bits per heavy atom. The highest BCUT2D eigenvalue weighted by Crippen LogP contribution is 2.35. The lowest BCUT2D eigenvalue weighted by molar-refractivity contribution is 0.415. The number of thioether (sulfide) groups is 1. The maximum absolute atomic E-state index is 5.89. The Hall–Kier alpha value is -3.20. The van der Waals surface area contributed by atoms with E-state index in [1.807, 2.05) is 43.3 Å². The standard InChI is InChI=1S/C20H20N6O2S/c1-4-26-17(14-9-11-21-12-10-14)22-25-20(26)29-13(2)18-23-24-19(28-18)15-5-7-16(27-3)8-6-15/h5-13H,4H2,1-3H3/t13-/m1/s1. The van der Waals surface area contributed by atoms with Gasteiger partial charge in [-0.05, 0) is 50.2 Å². The lowest BCUT2D eigenvalue weighted by Gasteiger charge is -2.09. The van der Waals surface area contributed by atoms with E-state index in [1.54, 1.807) is 19.5 Å². The molecule has 4 rings (SSSR count). The molecule has 0 aliphatic rings. The van der Waals surface area contributed by atoms with Crippen LogP contribution in [0.1, 0.15) is 25.0 Å². The van der Waals surface area contributed by atoms with Gasteiger partial charge in [-0.15, -0.1) is 20.4 Å². The zero-order valence-corrected chi connectivity index (χ0v) is 17.1. The number of benzene rings is 1. The molecule has 0 N–H and O–H groups in total. The molecule has 0 unspecified atom stereocenters. The van der Waals surface area contributed by atoms with E-state index in [9.17, 15) is 0 Å². The monoisotopic (exact) mass is 408 g/mol. The van der Waals surface area contributed by atoms with Crippen molar-refractivity contribution in [2.24, 2.45) is 0 Å². The van der Waals surface area contributed by atoms with Gasteiger partial charge in [-0.25, -0.2) is 0 Å². The first-order valence-electron chi connectivity index (χ1n) is 9.17. The lowest BCUT2D eigenvalue weighted by atomic mass is 10.2. The number of methoxy groups -OCH3 is 1. The van der Waals surface area contributed by atoms with Crippen LogP contribution in [0.4, 0.5) is 0 Å². The van der Waals surface area contributed by atoms with Gasteiger partial charge in [-0.1, -0.05) is 11.8 Å². The summed E-state index contributed by atoms with van der Waals surface area (Å²) in [5, 5.41) is 17.8. The number of aromatic nitrogens is 6. The number of ether oxygens (including phenoxy) is 1. The number of hydrogen-bond donors (Lipinski definition) is 0. The first-order chi connectivity index (χ1) is 14.2. The largest absolute Gasteiger partial charge is 0.497 e. The van der Waals surface area contributed by atoms with Crippen molar-refractivity contribution >= 4 is 11.8 Å². The predicted molar refractivity (Wildman–Crippen MR) is 109 cm³/mol. The van der Waals surface area contributed by atoms with E-state index >= 15 is 0 Å². The molecule has 0 amide bonds. The Morgan fingerprint density at radius 3 is 2.45 bits per heavy atom. The molecular formula is C20H20N6O2S. The van der Waals surface area contributed by atoms with Gasteiger partial charge in [0.1, 0.15) is 5.75 Å². The molecule has 0 spiro atoms. The molecule has 0 bridgehead atoms. The van der Waals surface area contributed by atoms with Gasteiger partial charge >= 0.3 is 0 Å². The quantitative estimate of drug-likeness (QED) is 0.419. The Morgan fingerprint density at radius 1 is 1.00 bits per heavy atom. The number of rotatable bonds is 7. The van der Waals surface area contributed by atoms with E-state index < -0.39 is 0 Å². The van der Waals surface area contributed by atoms with Crippen LogP contribution in [0.2, 0.25) is 0 Å². The summed E-state index contributed by atoms with van der Waals surface area (Å²) in [6.45, 7) is 4.83. The smallest absolute Gasteiger partial charge is 0.247 e. The summed E-state index contributed by atoms with van der Waals surface area (Å²) in [4.78, 5) is 4.06. The predicted octanol–water partition coefficient (Wildman–Crippen LogP) is 4.27. The third-order valence-electron chi connectivity index (χ3n) is 4.38. The van der Waals surface area contributed by atoms with Gasteiger partial charge in [0.2, 0.25) is 11.8 Å². The van der Waals surface area contributed by atoms with E-state index in [2.05, 4.69) is 36.9 Å². The third-order valence-corrected chi connectivity index (χ3v) is 5.45. The molecule has 0 fully saturated rings. The molecule has 0 aliphatic heterocycles. The Bertz CT molecular complexity index is 1080. The summed E-state index contributed by atoms with van der Waals surface area (Å²) in [5.74, 6) is 2.61. The fourth-order valence-corrected chi connectivity index (χ4v) is 3.78.